The molecule has 2 rings (SSSR count). The van der Waals surface area contributed by atoms with Crippen LogP contribution in [0.2, 0.25) is 0 Å². The van der Waals surface area contributed by atoms with Gasteiger partial charge in [-0.1, -0.05) is 15.9 Å². The van der Waals surface area contributed by atoms with Crippen molar-refractivity contribution < 1.29 is 17.9 Å². The third-order valence-electron chi connectivity index (χ3n) is 3.54. The normalized spacial score (nSPS) is 32.6. The number of halogens is 1. The van der Waals surface area contributed by atoms with Crippen LogP contribution in [0.25, 0.3) is 0 Å². The maximum Gasteiger partial charge on any atom is 0.217 e. The van der Waals surface area contributed by atoms with Gasteiger partial charge in [0.05, 0.1) is 18.0 Å². The first-order valence-electron chi connectivity index (χ1n) is 6.31. The number of alkyl halides is 1. The lowest BCUT2D eigenvalue weighted by molar-refractivity contribution is -0.0148. The van der Waals surface area contributed by atoms with Crippen molar-refractivity contribution in [3.05, 3.63) is 0 Å². The molecule has 2 aliphatic heterocycles. The average molecular weight is 342 g/mol. The molecule has 0 radical (unpaired) electrons. The zero-order valence-electron chi connectivity index (χ0n) is 10.5. The van der Waals surface area contributed by atoms with Crippen molar-refractivity contribution in [2.24, 2.45) is 0 Å². The van der Waals surface area contributed by atoms with E-state index in [1.165, 1.54) is 0 Å². The standard InChI is InChI=1S/C11H20BrNO4S/c1-9-8-17-10(6-12)7-13(9)18(14,15)11-2-4-16-5-3-11/h9-11H,2-8H2,1H3. The van der Waals surface area contributed by atoms with Gasteiger partial charge in [0.1, 0.15) is 0 Å². The zero-order valence-corrected chi connectivity index (χ0v) is 13.0. The number of nitrogens with zero attached hydrogens (tertiary/aromatic N) is 1. The van der Waals surface area contributed by atoms with Crippen molar-refractivity contribution in [3.63, 3.8) is 0 Å². The molecule has 0 aromatic carbocycles. The number of morpholine rings is 1. The molecule has 0 aromatic rings. The molecule has 0 amide bonds. The lowest BCUT2D eigenvalue weighted by Crippen LogP contribution is -2.54. The Morgan fingerprint density at radius 3 is 2.61 bits per heavy atom. The highest BCUT2D eigenvalue weighted by atomic mass is 79.9. The van der Waals surface area contributed by atoms with E-state index in [0.717, 1.165) is 0 Å². The summed E-state index contributed by atoms with van der Waals surface area (Å²) in [6, 6.07) is -0.0758. The van der Waals surface area contributed by atoms with Crippen LogP contribution >= 0.6 is 15.9 Å². The average Bonchev–Trinajstić information content (AvgIpc) is 2.40. The van der Waals surface area contributed by atoms with E-state index in [9.17, 15) is 8.42 Å². The molecule has 2 atom stereocenters. The molecule has 7 heteroatoms. The molecule has 2 aliphatic rings. The lowest BCUT2D eigenvalue weighted by atomic mass is 10.2. The van der Waals surface area contributed by atoms with E-state index >= 15 is 0 Å². The topological polar surface area (TPSA) is 55.8 Å². The Hall–Kier alpha value is 0.310. The summed E-state index contributed by atoms with van der Waals surface area (Å²) in [7, 11) is -3.22. The summed E-state index contributed by atoms with van der Waals surface area (Å²) in [6.07, 6.45) is 1.16. The van der Waals surface area contributed by atoms with Gasteiger partial charge in [0.25, 0.3) is 0 Å². The van der Waals surface area contributed by atoms with Crippen LogP contribution in [0.5, 0.6) is 0 Å². The highest BCUT2D eigenvalue weighted by molar-refractivity contribution is 9.09. The molecule has 2 fully saturated rings. The van der Waals surface area contributed by atoms with E-state index in [1.807, 2.05) is 6.92 Å². The summed E-state index contributed by atoms with van der Waals surface area (Å²) < 4.78 is 37.7. The van der Waals surface area contributed by atoms with Gasteiger partial charge in [0.15, 0.2) is 0 Å². The van der Waals surface area contributed by atoms with Crippen molar-refractivity contribution in [1.29, 1.82) is 0 Å². The van der Waals surface area contributed by atoms with E-state index in [1.54, 1.807) is 4.31 Å². The number of hydrogen-bond acceptors (Lipinski definition) is 4. The fourth-order valence-electron chi connectivity index (χ4n) is 2.41. The maximum atomic E-state index is 12.6. The predicted octanol–water partition coefficient (Wildman–Crippen LogP) is 0.979. The number of hydrogen-bond donors (Lipinski definition) is 0. The van der Waals surface area contributed by atoms with E-state index < -0.39 is 10.0 Å². The minimum Gasteiger partial charge on any atom is -0.381 e. The molecule has 5 nitrogen and oxygen atoms in total. The van der Waals surface area contributed by atoms with E-state index in [4.69, 9.17) is 9.47 Å². The highest BCUT2D eigenvalue weighted by Crippen LogP contribution is 2.25. The van der Waals surface area contributed by atoms with E-state index in [2.05, 4.69) is 15.9 Å². The van der Waals surface area contributed by atoms with Crippen LogP contribution in [0, 0.1) is 0 Å². The molecular weight excluding hydrogens is 322 g/mol. The molecule has 18 heavy (non-hydrogen) atoms. The molecule has 0 aromatic heterocycles. The van der Waals surface area contributed by atoms with Crippen LogP contribution in [0.4, 0.5) is 0 Å². The largest absolute Gasteiger partial charge is 0.381 e. The minimum absolute atomic E-state index is 0.0455. The predicted molar refractivity (Wildman–Crippen MR) is 72.5 cm³/mol. The quantitative estimate of drug-likeness (QED) is 0.718. The van der Waals surface area contributed by atoms with Crippen molar-refractivity contribution in [2.45, 2.75) is 37.2 Å². The Labute approximate surface area is 117 Å². The summed E-state index contributed by atoms with van der Waals surface area (Å²) in [5, 5.41) is 0.377. The Kier molecular flexibility index (Phi) is 5.05. The van der Waals surface area contributed by atoms with Crippen molar-refractivity contribution >= 4 is 26.0 Å². The zero-order chi connectivity index (χ0) is 13.2. The van der Waals surface area contributed by atoms with Crippen molar-refractivity contribution in [3.8, 4) is 0 Å². The van der Waals surface area contributed by atoms with Gasteiger partial charge in [-0.3, -0.25) is 0 Å². The number of ether oxygens (including phenoxy) is 2. The SMILES string of the molecule is CC1COC(CBr)CN1S(=O)(=O)C1CCOCC1. The molecular formula is C11H20BrNO4S. The van der Waals surface area contributed by atoms with Crippen LogP contribution in [-0.4, -0.2) is 61.8 Å². The van der Waals surface area contributed by atoms with Gasteiger partial charge in [-0.2, -0.15) is 4.31 Å². The summed E-state index contributed by atoms with van der Waals surface area (Å²) in [4.78, 5) is 0. The van der Waals surface area contributed by atoms with Crippen LogP contribution in [0.1, 0.15) is 19.8 Å². The maximum absolute atomic E-state index is 12.6. The minimum atomic E-state index is -3.22. The van der Waals surface area contributed by atoms with E-state index in [-0.39, 0.29) is 17.4 Å². The van der Waals surface area contributed by atoms with Crippen LogP contribution in [-0.2, 0) is 19.5 Å². The molecule has 2 unspecified atom stereocenters. The monoisotopic (exact) mass is 341 g/mol. The fraction of sp³-hybridized carbons (Fsp3) is 1.00. The van der Waals surface area contributed by atoms with Gasteiger partial charge in [0.2, 0.25) is 10.0 Å². The summed E-state index contributed by atoms with van der Waals surface area (Å²) in [6.45, 7) is 3.92. The van der Waals surface area contributed by atoms with Gasteiger partial charge < -0.3 is 9.47 Å². The number of sulfonamides is 1. The molecule has 106 valence electrons. The molecule has 0 aliphatic carbocycles. The third kappa shape index (κ3) is 3.07. The summed E-state index contributed by atoms with van der Waals surface area (Å²) in [5.74, 6) is 0. The van der Waals surface area contributed by atoms with Gasteiger partial charge in [-0.05, 0) is 19.8 Å². The first-order chi connectivity index (χ1) is 8.55. The van der Waals surface area contributed by atoms with Gasteiger partial charge in [-0.25, -0.2) is 8.42 Å². The third-order valence-corrected chi connectivity index (χ3v) is 6.74. The van der Waals surface area contributed by atoms with Crippen LogP contribution < -0.4 is 0 Å². The first kappa shape index (κ1) is 14.7. The Morgan fingerprint density at radius 2 is 2.00 bits per heavy atom. The fourth-order valence-corrected chi connectivity index (χ4v) is 4.90. The molecule has 0 N–H and O–H groups in total. The Balaban J connectivity index is 2.11. The van der Waals surface area contributed by atoms with Crippen molar-refractivity contribution in [1.82, 2.24) is 4.31 Å². The second kappa shape index (κ2) is 6.17. The second-order valence-electron chi connectivity index (χ2n) is 4.89. The highest BCUT2D eigenvalue weighted by Gasteiger charge is 2.39. The molecule has 0 bridgehead atoms. The van der Waals surface area contributed by atoms with Gasteiger partial charge >= 0.3 is 0 Å². The van der Waals surface area contributed by atoms with Gasteiger partial charge in [0, 0.05) is 31.1 Å². The van der Waals surface area contributed by atoms with Crippen LogP contribution in [0.3, 0.4) is 0 Å². The molecule has 0 spiro atoms. The second-order valence-corrected chi connectivity index (χ2v) is 7.70. The smallest absolute Gasteiger partial charge is 0.217 e. The lowest BCUT2D eigenvalue weighted by Gasteiger charge is -2.39. The first-order valence-corrected chi connectivity index (χ1v) is 8.94. The summed E-state index contributed by atoms with van der Waals surface area (Å²) >= 11 is 3.35. The molecule has 2 heterocycles. The molecule has 2 saturated heterocycles. The van der Waals surface area contributed by atoms with Gasteiger partial charge in [-0.15, -0.1) is 0 Å². The summed E-state index contributed by atoms with van der Waals surface area (Å²) in [5.41, 5.74) is 0. The van der Waals surface area contributed by atoms with E-state index in [0.29, 0.717) is 44.5 Å². The van der Waals surface area contributed by atoms with Crippen LogP contribution in [0.15, 0.2) is 0 Å². The Morgan fingerprint density at radius 1 is 1.33 bits per heavy atom. The number of rotatable bonds is 3. The molecule has 0 saturated carbocycles. The van der Waals surface area contributed by atoms with Crippen molar-refractivity contribution in [2.75, 3.05) is 31.7 Å². The Bertz CT molecular complexity index is 369.